The van der Waals surface area contributed by atoms with E-state index in [-0.39, 0.29) is 29.1 Å². The Kier molecular flexibility index (Phi) is 6.08. The van der Waals surface area contributed by atoms with Crippen LogP contribution in [0.3, 0.4) is 0 Å². The zero-order valence-corrected chi connectivity index (χ0v) is 19.0. The second kappa shape index (κ2) is 8.99. The number of aromatic carboxylic acids is 1. The maximum Gasteiger partial charge on any atom is 0.356 e. The summed E-state index contributed by atoms with van der Waals surface area (Å²) in [6.07, 6.45) is 9.07. The molecule has 3 aromatic rings. The first-order chi connectivity index (χ1) is 16.2. The Balaban J connectivity index is 1.85. The molecule has 34 heavy (non-hydrogen) atoms. The van der Waals surface area contributed by atoms with Gasteiger partial charge in [0.1, 0.15) is 22.9 Å². The molecule has 0 radical (unpaired) electrons. The van der Waals surface area contributed by atoms with Gasteiger partial charge in [0, 0.05) is 17.5 Å². The number of rotatable bonds is 5. The fraction of sp³-hybridized carbons (Fsp3) is 0.222. The molecular formula is C27H23FN2O4. The van der Waals surface area contributed by atoms with Crippen molar-refractivity contribution in [2.45, 2.75) is 39.7 Å². The summed E-state index contributed by atoms with van der Waals surface area (Å²) < 4.78 is 19.8. The predicted molar refractivity (Wildman–Crippen MR) is 130 cm³/mol. The van der Waals surface area contributed by atoms with E-state index in [0.717, 1.165) is 11.1 Å². The van der Waals surface area contributed by atoms with E-state index in [1.54, 1.807) is 31.2 Å². The number of hydrogen-bond acceptors (Lipinski definition) is 5. The average molecular weight is 458 g/mol. The standard InChI is InChI=1S/C27H23FN2O4/c1-5-19-10-11-22(23(30-19)27(32)33)29-16(4)20-12-14(2)13-21-24(31)15(3)25(34-26(20)21)17-6-8-18(28)9-7-17/h1,6,8,10-13,16,29H,7,9H2,2-4H3,(H,32,33)/t16-/m1/s1. The largest absolute Gasteiger partial charge is 0.476 e. The number of halogens is 1. The SMILES string of the molecule is C#Cc1ccc(N[C@H](C)c2cc(C)cc3c(=O)c(C)c(C4=CC=C(F)CC4)oc23)c(C(=O)O)n1. The van der Waals surface area contributed by atoms with Gasteiger partial charge in [-0.3, -0.25) is 4.79 Å². The molecule has 1 atom stereocenters. The molecule has 0 saturated heterocycles. The number of fused-ring (bicyclic) bond motifs is 1. The normalized spacial score (nSPS) is 14.2. The van der Waals surface area contributed by atoms with Crippen LogP contribution in [-0.2, 0) is 0 Å². The van der Waals surface area contributed by atoms with Crippen LogP contribution in [-0.4, -0.2) is 16.1 Å². The number of carboxylic acids is 1. The van der Waals surface area contributed by atoms with E-state index in [9.17, 15) is 19.1 Å². The van der Waals surface area contributed by atoms with Crippen LogP contribution in [0.5, 0.6) is 0 Å². The van der Waals surface area contributed by atoms with E-state index in [2.05, 4.69) is 16.2 Å². The Bertz CT molecular complexity index is 1490. The van der Waals surface area contributed by atoms with Crippen molar-refractivity contribution in [2.24, 2.45) is 0 Å². The van der Waals surface area contributed by atoms with Gasteiger partial charge >= 0.3 is 5.97 Å². The number of nitrogens with one attached hydrogen (secondary N) is 1. The van der Waals surface area contributed by atoms with Crippen LogP contribution in [0.25, 0.3) is 16.5 Å². The molecule has 2 N–H and O–H groups in total. The molecule has 7 heteroatoms. The molecule has 0 aliphatic heterocycles. The summed E-state index contributed by atoms with van der Waals surface area (Å²) in [5, 5.41) is 13.2. The lowest BCUT2D eigenvalue weighted by Gasteiger charge is -2.20. The molecule has 0 bridgehead atoms. The lowest BCUT2D eigenvalue weighted by Crippen LogP contribution is -2.15. The molecular weight excluding hydrogens is 435 g/mol. The van der Waals surface area contributed by atoms with Crippen molar-refractivity contribution in [1.29, 1.82) is 0 Å². The van der Waals surface area contributed by atoms with Gasteiger partial charge in [-0.15, -0.1) is 6.42 Å². The minimum Gasteiger partial charge on any atom is -0.476 e. The highest BCUT2D eigenvalue weighted by atomic mass is 19.1. The summed E-state index contributed by atoms with van der Waals surface area (Å²) in [5.74, 6) is 1.34. The van der Waals surface area contributed by atoms with Crippen LogP contribution in [0.1, 0.15) is 64.4 Å². The van der Waals surface area contributed by atoms with Gasteiger partial charge in [-0.05, 0) is 62.6 Å². The van der Waals surface area contributed by atoms with Gasteiger partial charge in [-0.1, -0.05) is 18.1 Å². The molecule has 2 heterocycles. The predicted octanol–water partition coefficient (Wildman–Crippen LogP) is 5.69. The number of allylic oxidation sites excluding steroid dienone is 4. The Morgan fingerprint density at radius 1 is 1.26 bits per heavy atom. The summed E-state index contributed by atoms with van der Waals surface area (Å²) in [7, 11) is 0. The summed E-state index contributed by atoms with van der Waals surface area (Å²) >= 11 is 0. The zero-order valence-electron chi connectivity index (χ0n) is 19.0. The van der Waals surface area contributed by atoms with Gasteiger partial charge in [-0.2, -0.15) is 0 Å². The summed E-state index contributed by atoms with van der Waals surface area (Å²) in [6, 6.07) is 6.35. The molecule has 2 aromatic heterocycles. The van der Waals surface area contributed by atoms with Crippen molar-refractivity contribution in [3.63, 3.8) is 0 Å². The number of pyridine rings is 1. The van der Waals surface area contributed by atoms with Crippen LogP contribution in [0.2, 0.25) is 0 Å². The van der Waals surface area contributed by atoms with Gasteiger partial charge in [0.15, 0.2) is 11.1 Å². The number of hydrogen-bond donors (Lipinski definition) is 2. The third-order valence-corrected chi connectivity index (χ3v) is 5.87. The third kappa shape index (κ3) is 4.23. The van der Waals surface area contributed by atoms with Crippen LogP contribution in [0.4, 0.5) is 10.1 Å². The fourth-order valence-electron chi connectivity index (χ4n) is 4.13. The van der Waals surface area contributed by atoms with Gasteiger partial charge < -0.3 is 14.8 Å². The maximum absolute atomic E-state index is 13.5. The van der Waals surface area contributed by atoms with Gasteiger partial charge in [0.25, 0.3) is 0 Å². The van der Waals surface area contributed by atoms with Crippen molar-refractivity contribution in [1.82, 2.24) is 4.98 Å². The van der Waals surface area contributed by atoms with E-state index in [1.165, 1.54) is 6.08 Å². The van der Waals surface area contributed by atoms with Crippen LogP contribution >= 0.6 is 0 Å². The first-order valence-electron chi connectivity index (χ1n) is 10.8. The van der Waals surface area contributed by atoms with Gasteiger partial charge in [-0.25, -0.2) is 14.2 Å². The maximum atomic E-state index is 13.5. The highest BCUT2D eigenvalue weighted by Gasteiger charge is 2.22. The number of terminal acetylenes is 1. The van der Waals surface area contributed by atoms with Crippen molar-refractivity contribution >= 4 is 28.2 Å². The number of anilines is 1. The number of aromatic nitrogens is 1. The van der Waals surface area contributed by atoms with Crippen molar-refractivity contribution < 1.29 is 18.7 Å². The second-order valence-electron chi connectivity index (χ2n) is 8.33. The van der Waals surface area contributed by atoms with Gasteiger partial charge in [0.05, 0.1) is 17.1 Å². The highest BCUT2D eigenvalue weighted by molar-refractivity contribution is 5.92. The Hall–Kier alpha value is -4.18. The molecule has 0 amide bonds. The minimum atomic E-state index is -1.21. The van der Waals surface area contributed by atoms with E-state index in [4.69, 9.17) is 10.8 Å². The smallest absolute Gasteiger partial charge is 0.356 e. The molecule has 0 unspecified atom stereocenters. The van der Waals surface area contributed by atoms with Crippen molar-refractivity contribution in [3.05, 3.63) is 86.3 Å². The van der Waals surface area contributed by atoms with E-state index in [0.29, 0.717) is 40.0 Å². The number of carbonyl (C=O) groups is 1. The lowest BCUT2D eigenvalue weighted by molar-refractivity contribution is 0.0691. The first-order valence-corrected chi connectivity index (χ1v) is 10.8. The monoisotopic (exact) mass is 458 g/mol. The Morgan fingerprint density at radius 3 is 2.68 bits per heavy atom. The molecule has 1 aromatic carbocycles. The molecule has 4 rings (SSSR count). The summed E-state index contributed by atoms with van der Waals surface area (Å²) in [6.45, 7) is 5.42. The number of aryl methyl sites for hydroxylation is 1. The number of benzene rings is 1. The van der Waals surface area contributed by atoms with E-state index < -0.39 is 12.0 Å². The highest BCUT2D eigenvalue weighted by Crippen LogP contribution is 2.34. The Morgan fingerprint density at radius 2 is 2.03 bits per heavy atom. The van der Waals surface area contributed by atoms with Gasteiger partial charge in [0.2, 0.25) is 0 Å². The van der Waals surface area contributed by atoms with Crippen LogP contribution < -0.4 is 10.7 Å². The number of carboxylic acid groups (broad SMARTS) is 1. The second-order valence-corrected chi connectivity index (χ2v) is 8.33. The zero-order chi connectivity index (χ0) is 24.6. The lowest BCUT2D eigenvalue weighted by atomic mass is 9.96. The van der Waals surface area contributed by atoms with E-state index in [1.807, 2.05) is 19.9 Å². The molecule has 0 spiro atoms. The van der Waals surface area contributed by atoms with Crippen LogP contribution in [0.15, 0.2) is 51.5 Å². The van der Waals surface area contributed by atoms with Crippen molar-refractivity contribution in [2.75, 3.05) is 5.32 Å². The molecule has 0 saturated carbocycles. The summed E-state index contributed by atoms with van der Waals surface area (Å²) in [4.78, 5) is 29.0. The topological polar surface area (TPSA) is 92.4 Å². The quantitative estimate of drug-likeness (QED) is 0.478. The third-order valence-electron chi connectivity index (χ3n) is 5.87. The molecule has 1 aliphatic carbocycles. The Labute approximate surface area is 195 Å². The fourth-order valence-corrected chi connectivity index (χ4v) is 4.13. The minimum absolute atomic E-state index is 0.157. The first kappa shape index (κ1) is 23.0. The molecule has 0 fully saturated rings. The molecule has 6 nitrogen and oxygen atoms in total. The number of nitrogens with zero attached hydrogens (tertiary/aromatic N) is 1. The molecule has 172 valence electrons. The van der Waals surface area contributed by atoms with Crippen LogP contribution in [0, 0.1) is 26.2 Å². The van der Waals surface area contributed by atoms with Crippen molar-refractivity contribution in [3.8, 4) is 12.3 Å². The van der Waals surface area contributed by atoms with E-state index >= 15 is 0 Å². The molecule has 1 aliphatic rings. The summed E-state index contributed by atoms with van der Waals surface area (Å²) in [5.41, 5.74) is 3.32. The average Bonchev–Trinajstić information content (AvgIpc) is 2.82.